The molecule has 0 radical (unpaired) electrons. The van der Waals surface area contributed by atoms with E-state index in [1.54, 1.807) is 0 Å². The fourth-order valence-corrected chi connectivity index (χ4v) is 10.5. The third kappa shape index (κ3) is 4.37. The van der Waals surface area contributed by atoms with E-state index in [0.29, 0.717) is 0 Å². The van der Waals surface area contributed by atoms with E-state index in [2.05, 4.69) is 205 Å². The molecule has 9 aromatic rings. The zero-order chi connectivity index (χ0) is 34.9. The molecule has 0 bridgehead atoms. The summed E-state index contributed by atoms with van der Waals surface area (Å²) in [4.78, 5) is 3.87. The highest BCUT2D eigenvalue weighted by molar-refractivity contribution is 7.20. The molecule has 2 heteroatoms. The summed E-state index contributed by atoms with van der Waals surface area (Å²) < 4.78 is 1.34. The Morgan fingerprint density at radius 3 is 1.70 bits per heavy atom. The van der Waals surface area contributed by atoms with Gasteiger partial charge in [0.25, 0.3) is 0 Å². The van der Waals surface area contributed by atoms with E-state index in [1.165, 1.54) is 76.2 Å². The number of hydrogen-bond acceptors (Lipinski definition) is 2. The lowest BCUT2D eigenvalue weighted by Crippen LogP contribution is -2.25. The first-order valence-electron chi connectivity index (χ1n) is 18.3. The first-order valence-corrected chi connectivity index (χ1v) is 19.1. The summed E-state index contributed by atoms with van der Waals surface area (Å²) >= 11 is 1.96. The van der Waals surface area contributed by atoms with Gasteiger partial charge in [0.05, 0.1) is 11.1 Å². The van der Waals surface area contributed by atoms with Gasteiger partial charge in [-0.05, 0) is 86.5 Å². The van der Waals surface area contributed by atoms with E-state index in [-0.39, 0.29) is 5.41 Å². The largest absolute Gasteiger partial charge is 0.310 e. The molecule has 53 heavy (non-hydrogen) atoms. The van der Waals surface area contributed by atoms with Crippen molar-refractivity contribution in [2.75, 3.05) is 4.90 Å². The summed E-state index contributed by atoms with van der Waals surface area (Å²) in [7, 11) is 0. The Morgan fingerprint density at radius 2 is 0.925 bits per heavy atom. The SMILES string of the molecule is c1ccc(-c2ccc(N(c3ccc4c(c3)-c3ccccc3C43c4ccccc4-c4c3sc3ccccc43)c3ccccc3-c3ccccc3)cc2)cc1. The molecule has 248 valence electrons. The van der Waals surface area contributed by atoms with Gasteiger partial charge in [0.2, 0.25) is 0 Å². The molecule has 2 aliphatic carbocycles. The lowest BCUT2D eigenvalue weighted by Gasteiger charge is -2.31. The van der Waals surface area contributed by atoms with Crippen LogP contribution in [0.4, 0.5) is 17.1 Å². The van der Waals surface area contributed by atoms with Crippen LogP contribution in [0.3, 0.4) is 0 Å². The number of rotatable bonds is 5. The number of thiophene rings is 1. The van der Waals surface area contributed by atoms with Gasteiger partial charge >= 0.3 is 0 Å². The molecular formula is C51H33NS. The Balaban J connectivity index is 1.16. The average Bonchev–Trinajstić information content (AvgIpc) is 3.86. The van der Waals surface area contributed by atoms with Gasteiger partial charge in [-0.2, -0.15) is 0 Å². The predicted octanol–water partition coefficient (Wildman–Crippen LogP) is 14.0. The predicted molar refractivity (Wildman–Crippen MR) is 224 cm³/mol. The van der Waals surface area contributed by atoms with Crippen LogP contribution in [0.25, 0.3) is 54.6 Å². The van der Waals surface area contributed by atoms with Crippen LogP contribution in [-0.4, -0.2) is 0 Å². The van der Waals surface area contributed by atoms with Gasteiger partial charge in [0.15, 0.2) is 0 Å². The molecule has 1 atom stereocenters. The third-order valence-corrected chi connectivity index (χ3v) is 12.6. The van der Waals surface area contributed by atoms with Gasteiger partial charge in [0.1, 0.15) is 0 Å². The second-order valence-corrected chi connectivity index (χ2v) is 15.1. The summed E-state index contributed by atoms with van der Waals surface area (Å²) in [5.74, 6) is 0. The summed E-state index contributed by atoms with van der Waals surface area (Å²) in [5, 5.41) is 1.35. The molecule has 0 N–H and O–H groups in total. The molecule has 1 unspecified atom stereocenters. The first kappa shape index (κ1) is 30.2. The second kappa shape index (κ2) is 11.8. The van der Waals surface area contributed by atoms with Gasteiger partial charge in [-0.25, -0.2) is 0 Å². The maximum atomic E-state index is 2.45. The Labute approximate surface area is 313 Å². The number of hydrogen-bond donors (Lipinski definition) is 0. The molecule has 1 aromatic heterocycles. The summed E-state index contributed by atoms with van der Waals surface area (Å²) in [6.07, 6.45) is 0. The lowest BCUT2D eigenvalue weighted by molar-refractivity contribution is 0.811. The first-order chi connectivity index (χ1) is 26.3. The third-order valence-electron chi connectivity index (χ3n) is 11.3. The van der Waals surface area contributed by atoms with E-state index in [4.69, 9.17) is 0 Å². The van der Waals surface area contributed by atoms with Gasteiger partial charge in [-0.3, -0.25) is 0 Å². The highest BCUT2D eigenvalue weighted by Gasteiger charge is 2.53. The topological polar surface area (TPSA) is 3.24 Å². The van der Waals surface area contributed by atoms with Gasteiger partial charge in [0, 0.05) is 37.5 Å². The zero-order valence-electron chi connectivity index (χ0n) is 28.9. The van der Waals surface area contributed by atoms with Gasteiger partial charge in [-0.15, -0.1) is 11.3 Å². The number of nitrogens with zero attached hydrogens (tertiary/aromatic N) is 1. The van der Waals surface area contributed by atoms with E-state index in [0.717, 1.165) is 17.1 Å². The van der Waals surface area contributed by atoms with Crippen LogP contribution in [0.15, 0.2) is 200 Å². The zero-order valence-corrected chi connectivity index (χ0v) is 29.7. The van der Waals surface area contributed by atoms with Gasteiger partial charge in [-0.1, -0.05) is 164 Å². The lowest BCUT2D eigenvalue weighted by atomic mass is 9.74. The van der Waals surface area contributed by atoms with Crippen LogP contribution in [0.5, 0.6) is 0 Å². The maximum Gasteiger partial charge on any atom is 0.0819 e. The van der Waals surface area contributed by atoms with Crippen molar-refractivity contribution in [2.45, 2.75) is 5.41 Å². The second-order valence-electron chi connectivity index (χ2n) is 14.0. The molecule has 0 saturated heterocycles. The van der Waals surface area contributed by atoms with Crippen molar-refractivity contribution >= 4 is 38.5 Å². The van der Waals surface area contributed by atoms with Crippen LogP contribution in [-0.2, 0) is 5.41 Å². The number of anilines is 3. The average molecular weight is 692 g/mol. The summed E-state index contributed by atoms with van der Waals surface area (Å²) in [6.45, 7) is 0. The molecule has 1 nitrogen and oxygen atoms in total. The molecule has 11 rings (SSSR count). The van der Waals surface area contributed by atoms with Crippen LogP contribution in [0, 0.1) is 0 Å². The molecule has 8 aromatic carbocycles. The molecule has 2 aliphatic rings. The highest BCUT2D eigenvalue weighted by Crippen LogP contribution is 2.66. The van der Waals surface area contributed by atoms with E-state index >= 15 is 0 Å². The molecule has 0 amide bonds. The molecular weight excluding hydrogens is 659 g/mol. The Bertz CT molecular complexity index is 2830. The van der Waals surface area contributed by atoms with Crippen molar-refractivity contribution in [1.82, 2.24) is 0 Å². The normalized spacial score (nSPS) is 14.9. The van der Waals surface area contributed by atoms with Crippen molar-refractivity contribution < 1.29 is 0 Å². The molecule has 1 spiro atoms. The van der Waals surface area contributed by atoms with Crippen LogP contribution >= 0.6 is 11.3 Å². The molecule has 0 fully saturated rings. The Kier molecular flexibility index (Phi) is 6.71. The number of para-hydroxylation sites is 1. The van der Waals surface area contributed by atoms with Crippen LogP contribution in [0.1, 0.15) is 21.6 Å². The van der Waals surface area contributed by atoms with Crippen LogP contribution < -0.4 is 4.90 Å². The standard InChI is InChI=1S/C51H33NS/c1-3-15-34(16-4-1)35-27-29-37(30-28-35)52(47-25-13-9-19-39(47)36-17-5-2-6-18-36)38-31-32-46-43(33-38)40-20-7-11-23-44(40)51(46)45-24-12-8-21-41(45)49-42-22-10-14-26-48(42)53-50(49)51/h1-33H. The van der Waals surface area contributed by atoms with E-state index in [1.807, 2.05) is 11.3 Å². The van der Waals surface area contributed by atoms with Crippen molar-refractivity contribution in [3.63, 3.8) is 0 Å². The summed E-state index contributed by atoms with van der Waals surface area (Å²) in [5.41, 5.74) is 17.3. The smallest absolute Gasteiger partial charge is 0.0819 e. The minimum absolute atomic E-state index is 0.371. The molecule has 1 heterocycles. The highest BCUT2D eigenvalue weighted by atomic mass is 32.1. The fraction of sp³-hybridized carbons (Fsp3) is 0.0196. The van der Waals surface area contributed by atoms with Crippen molar-refractivity contribution in [1.29, 1.82) is 0 Å². The monoisotopic (exact) mass is 691 g/mol. The van der Waals surface area contributed by atoms with Crippen molar-refractivity contribution in [3.8, 4) is 44.5 Å². The Hall–Kier alpha value is -6.48. The van der Waals surface area contributed by atoms with Crippen molar-refractivity contribution in [3.05, 3.63) is 222 Å². The van der Waals surface area contributed by atoms with E-state index < -0.39 is 0 Å². The fourth-order valence-electron chi connectivity index (χ4n) is 9.06. The minimum atomic E-state index is -0.371. The van der Waals surface area contributed by atoms with E-state index in [9.17, 15) is 0 Å². The van der Waals surface area contributed by atoms with Crippen LogP contribution in [0.2, 0.25) is 0 Å². The molecule has 0 saturated carbocycles. The van der Waals surface area contributed by atoms with Gasteiger partial charge < -0.3 is 4.90 Å². The quantitative estimate of drug-likeness (QED) is 0.174. The number of fused-ring (bicyclic) bond motifs is 12. The minimum Gasteiger partial charge on any atom is -0.310 e. The number of benzene rings is 8. The summed E-state index contributed by atoms with van der Waals surface area (Å²) in [6, 6.07) is 73.6. The Morgan fingerprint density at radius 1 is 0.377 bits per heavy atom. The maximum absolute atomic E-state index is 2.45. The van der Waals surface area contributed by atoms with Crippen molar-refractivity contribution in [2.24, 2.45) is 0 Å². The molecule has 0 aliphatic heterocycles.